The number of fused-ring (bicyclic) bond motifs is 9. The van der Waals surface area contributed by atoms with E-state index < -0.39 is 6.17 Å². The van der Waals surface area contributed by atoms with Gasteiger partial charge in [0, 0.05) is 38.1 Å². The molecule has 0 saturated carbocycles. The molecule has 1 aliphatic carbocycles. The number of amidine groups is 2. The molecule has 12 rings (SSSR count). The Morgan fingerprint density at radius 2 is 0.898 bits per heavy atom. The molecular formula is C54H37N3O2. The first-order valence-electron chi connectivity index (χ1n) is 20.2. The van der Waals surface area contributed by atoms with Gasteiger partial charge in [-0.3, -0.25) is 0 Å². The number of nitrogens with zero attached hydrogens (tertiary/aromatic N) is 2. The first-order chi connectivity index (χ1) is 29.0. The maximum absolute atomic E-state index is 6.23. The van der Waals surface area contributed by atoms with Gasteiger partial charge in [-0.15, -0.1) is 0 Å². The standard InChI is InChI=1S/C54H37N3O2/c1-54(2)42-18-6-3-12-38(42)48-41(17-9-19-43(48)54)53-56-51(34-28-24-32(25-29-34)36-15-10-22-46-49(36)39-13-4-7-20-44(39)58-46)55-52(57-53)35-30-26-33(27-31-35)37-16-11-23-47-50(37)40-14-5-8-21-45(40)59-47/h3-31,51H,1-2H3,(H,55,56,57). The van der Waals surface area contributed by atoms with Gasteiger partial charge in [-0.2, -0.15) is 0 Å². The van der Waals surface area contributed by atoms with Gasteiger partial charge < -0.3 is 14.2 Å². The Balaban J connectivity index is 0.971. The summed E-state index contributed by atoms with van der Waals surface area (Å²) < 4.78 is 12.5. The smallest absolute Gasteiger partial charge is 0.169 e. The number of para-hydroxylation sites is 2. The summed E-state index contributed by atoms with van der Waals surface area (Å²) >= 11 is 0. The topological polar surface area (TPSA) is 63.0 Å². The van der Waals surface area contributed by atoms with Crippen molar-refractivity contribution < 1.29 is 8.83 Å². The quantitative estimate of drug-likeness (QED) is 0.190. The summed E-state index contributed by atoms with van der Waals surface area (Å²) in [5.74, 6) is 1.59. The predicted molar refractivity (Wildman–Crippen MR) is 241 cm³/mol. The lowest BCUT2D eigenvalue weighted by Crippen LogP contribution is -2.36. The lowest BCUT2D eigenvalue weighted by atomic mass is 9.82. The number of aliphatic imine (C=N–C) groups is 2. The van der Waals surface area contributed by atoms with Crippen molar-refractivity contribution in [2.75, 3.05) is 0 Å². The molecule has 3 heterocycles. The fraction of sp³-hybridized carbons (Fsp3) is 0.0741. The molecule has 0 spiro atoms. The fourth-order valence-electron chi connectivity index (χ4n) is 9.51. The average Bonchev–Trinajstić information content (AvgIpc) is 3.94. The molecule has 0 bridgehead atoms. The number of nitrogens with one attached hydrogen (secondary N) is 1. The van der Waals surface area contributed by atoms with E-state index in [1.165, 1.54) is 22.3 Å². The Morgan fingerprint density at radius 1 is 0.424 bits per heavy atom. The van der Waals surface area contributed by atoms with E-state index in [-0.39, 0.29) is 5.41 Å². The number of benzene rings is 8. The summed E-state index contributed by atoms with van der Waals surface area (Å²) in [4.78, 5) is 10.7. The summed E-state index contributed by atoms with van der Waals surface area (Å²) in [6.45, 7) is 4.63. The molecule has 1 unspecified atom stereocenters. The minimum Gasteiger partial charge on any atom is -0.456 e. The van der Waals surface area contributed by atoms with Gasteiger partial charge >= 0.3 is 0 Å². The zero-order valence-corrected chi connectivity index (χ0v) is 32.5. The summed E-state index contributed by atoms with van der Waals surface area (Å²) in [7, 11) is 0. The number of furan rings is 2. The van der Waals surface area contributed by atoms with Gasteiger partial charge in [0.15, 0.2) is 6.17 Å². The Kier molecular flexibility index (Phi) is 7.27. The van der Waals surface area contributed by atoms with Gasteiger partial charge in [0.05, 0.1) is 0 Å². The Bertz CT molecular complexity index is 3380. The SMILES string of the molecule is CC1(C)c2ccccc2-c2c(C3=NC(c4ccc(-c5cccc6oc7ccccc7c56)cc4)N=C(c4ccc(-c5cccc6oc7ccccc7c56)cc4)N3)cccc21. The molecule has 5 nitrogen and oxygen atoms in total. The van der Waals surface area contributed by atoms with Gasteiger partial charge in [-0.1, -0.05) is 166 Å². The van der Waals surface area contributed by atoms with Crippen LogP contribution in [0.3, 0.4) is 0 Å². The largest absolute Gasteiger partial charge is 0.456 e. The third kappa shape index (κ3) is 5.18. The minimum atomic E-state index is -0.466. The van der Waals surface area contributed by atoms with Crippen LogP contribution in [0.5, 0.6) is 0 Å². The third-order valence-electron chi connectivity index (χ3n) is 12.4. The number of hydrogen-bond acceptors (Lipinski definition) is 5. The fourth-order valence-corrected chi connectivity index (χ4v) is 9.51. The van der Waals surface area contributed by atoms with Crippen LogP contribution >= 0.6 is 0 Å². The second-order valence-electron chi connectivity index (χ2n) is 16.1. The van der Waals surface area contributed by atoms with Gasteiger partial charge in [-0.05, 0) is 74.3 Å². The van der Waals surface area contributed by atoms with Gasteiger partial charge in [0.2, 0.25) is 0 Å². The van der Waals surface area contributed by atoms with Crippen molar-refractivity contribution in [3.05, 3.63) is 204 Å². The first-order valence-corrected chi connectivity index (χ1v) is 20.2. The maximum Gasteiger partial charge on any atom is 0.169 e. The van der Waals surface area contributed by atoms with E-state index >= 15 is 0 Å². The van der Waals surface area contributed by atoms with E-state index in [4.69, 9.17) is 18.8 Å². The molecular weight excluding hydrogens is 723 g/mol. The van der Waals surface area contributed by atoms with Crippen molar-refractivity contribution in [2.45, 2.75) is 25.4 Å². The van der Waals surface area contributed by atoms with Crippen LogP contribution in [-0.4, -0.2) is 11.7 Å². The van der Waals surface area contributed by atoms with Gasteiger partial charge in [0.25, 0.3) is 0 Å². The van der Waals surface area contributed by atoms with Gasteiger partial charge in [-0.25, -0.2) is 9.98 Å². The molecule has 59 heavy (non-hydrogen) atoms. The van der Waals surface area contributed by atoms with Crippen LogP contribution in [0.25, 0.3) is 77.3 Å². The van der Waals surface area contributed by atoms with Crippen molar-refractivity contribution in [3.8, 4) is 33.4 Å². The predicted octanol–water partition coefficient (Wildman–Crippen LogP) is 13.6. The molecule has 8 aromatic carbocycles. The van der Waals surface area contributed by atoms with Crippen molar-refractivity contribution in [1.82, 2.24) is 5.32 Å². The molecule has 1 aliphatic heterocycles. The molecule has 5 heteroatoms. The maximum atomic E-state index is 6.23. The Hall–Kier alpha value is -7.50. The molecule has 280 valence electrons. The van der Waals surface area contributed by atoms with Crippen LogP contribution in [0, 0.1) is 0 Å². The molecule has 0 saturated heterocycles. The monoisotopic (exact) mass is 759 g/mol. The second kappa shape index (κ2) is 12.8. The van der Waals surface area contributed by atoms with Crippen molar-refractivity contribution in [2.24, 2.45) is 9.98 Å². The molecule has 1 N–H and O–H groups in total. The summed E-state index contributed by atoms with van der Waals surface area (Å²) in [5.41, 5.74) is 16.1. The molecule has 0 fully saturated rings. The third-order valence-corrected chi connectivity index (χ3v) is 12.4. The van der Waals surface area contributed by atoms with E-state index in [1.807, 2.05) is 36.4 Å². The Morgan fingerprint density at radius 3 is 1.56 bits per heavy atom. The zero-order valence-electron chi connectivity index (χ0n) is 32.5. The zero-order chi connectivity index (χ0) is 39.2. The lowest BCUT2D eigenvalue weighted by molar-refractivity contribution is 0.660. The summed E-state index contributed by atoms with van der Waals surface area (Å²) in [5, 5.41) is 8.21. The molecule has 2 aromatic heterocycles. The van der Waals surface area contributed by atoms with E-state index in [2.05, 4.69) is 159 Å². The molecule has 0 amide bonds. The second-order valence-corrected chi connectivity index (χ2v) is 16.1. The van der Waals surface area contributed by atoms with Crippen molar-refractivity contribution in [3.63, 3.8) is 0 Å². The average molecular weight is 760 g/mol. The first kappa shape index (κ1) is 33.6. The highest BCUT2D eigenvalue weighted by Crippen LogP contribution is 2.50. The van der Waals surface area contributed by atoms with Crippen molar-refractivity contribution >= 4 is 55.5 Å². The van der Waals surface area contributed by atoms with E-state index in [1.54, 1.807) is 0 Å². The molecule has 1 atom stereocenters. The van der Waals surface area contributed by atoms with Crippen LogP contribution in [0.15, 0.2) is 195 Å². The van der Waals surface area contributed by atoms with Gasteiger partial charge in [0.1, 0.15) is 34.0 Å². The Labute approximate surface area is 341 Å². The minimum absolute atomic E-state index is 0.133. The van der Waals surface area contributed by atoms with E-state index in [0.29, 0.717) is 0 Å². The lowest BCUT2D eigenvalue weighted by Gasteiger charge is -2.25. The van der Waals surface area contributed by atoms with Crippen LogP contribution in [-0.2, 0) is 5.41 Å². The summed E-state index contributed by atoms with van der Waals surface area (Å²) in [6.07, 6.45) is -0.466. The van der Waals surface area contributed by atoms with E-state index in [0.717, 1.165) is 94.5 Å². The summed E-state index contributed by atoms with van der Waals surface area (Å²) in [6, 6.07) is 61.8. The number of rotatable bonds is 5. The molecule has 2 aliphatic rings. The van der Waals surface area contributed by atoms with Crippen molar-refractivity contribution in [1.29, 1.82) is 0 Å². The highest BCUT2D eigenvalue weighted by molar-refractivity contribution is 6.19. The van der Waals surface area contributed by atoms with Crippen LogP contribution in [0.4, 0.5) is 0 Å². The molecule has 0 radical (unpaired) electrons. The number of hydrogen-bond donors (Lipinski definition) is 1. The van der Waals surface area contributed by atoms with Crippen LogP contribution in [0.1, 0.15) is 47.8 Å². The van der Waals surface area contributed by atoms with Crippen LogP contribution < -0.4 is 5.32 Å². The normalized spacial score (nSPS) is 15.6. The van der Waals surface area contributed by atoms with E-state index in [9.17, 15) is 0 Å². The molecule has 10 aromatic rings. The highest BCUT2D eigenvalue weighted by atomic mass is 16.3. The highest BCUT2D eigenvalue weighted by Gasteiger charge is 2.37. The van der Waals surface area contributed by atoms with Crippen LogP contribution in [0.2, 0.25) is 0 Å².